The average Bonchev–Trinajstić information content (AvgIpc) is 2.44. The monoisotopic (exact) mass is 309 g/mol. The Hall–Kier alpha value is -0.640. The minimum Gasteiger partial charge on any atom is -0.309 e. The fourth-order valence-corrected chi connectivity index (χ4v) is 3.26. The standard InChI is InChI=1S/C17H28ClN3/c1-5-17(4)12-21(15(9-20-17)8-13(2)3)11-14-6-7-19-10-16(14)18/h6-7,10,13,15,20H,5,8-9,11-12H2,1-4H3. The van der Waals surface area contributed by atoms with E-state index in [0.717, 1.165) is 31.1 Å². The summed E-state index contributed by atoms with van der Waals surface area (Å²) in [5.41, 5.74) is 1.38. The number of piperazine rings is 1. The summed E-state index contributed by atoms with van der Waals surface area (Å²) in [6.45, 7) is 12.2. The lowest BCUT2D eigenvalue weighted by atomic mass is 9.90. The molecule has 1 aromatic heterocycles. The van der Waals surface area contributed by atoms with Crippen LogP contribution in [0.1, 0.15) is 46.1 Å². The molecular weight excluding hydrogens is 282 g/mol. The normalized spacial score (nSPS) is 27.2. The largest absolute Gasteiger partial charge is 0.309 e. The maximum absolute atomic E-state index is 6.30. The second-order valence-corrected chi connectivity index (χ2v) is 7.36. The molecule has 1 aromatic rings. The second-order valence-electron chi connectivity index (χ2n) is 6.95. The summed E-state index contributed by atoms with van der Waals surface area (Å²) in [5.74, 6) is 0.707. The van der Waals surface area contributed by atoms with Crippen molar-refractivity contribution in [3.8, 4) is 0 Å². The Kier molecular flexibility index (Phi) is 5.64. The smallest absolute Gasteiger partial charge is 0.0634 e. The van der Waals surface area contributed by atoms with Crippen LogP contribution in [-0.2, 0) is 6.54 Å². The lowest BCUT2D eigenvalue weighted by Crippen LogP contribution is -2.62. The van der Waals surface area contributed by atoms with Crippen molar-refractivity contribution in [1.29, 1.82) is 0 Å². The Bertz CT molecular complexity index is 463. The number of hydrogen-bond acceptors (Lipinski definition) is 3. The first-order valence-corrected chi connectivity index (χ1v) is 8.39. The van der Waals surface area contributed by atoms with E-state index < -0.39 is 0 Å². The highest BCUT2D eigenvalue weighted by atomic mass is 35.5. The number of nitrogens with one attached hydrogen (secondary N) is 1. The molecule has 0 saturated carbocycles. The molecule has 4 heteroatoms. The van der Waals surface area contributed by atoms with Gasteiger partial charge in [-0.15, -0.1) is 0 Å². The topological polar surface area (TPSA) is 28.2 Å². The van der Waals surface area contributed by atoms with Gasteiger partial charge in [-0.1, -0.05) is 32.4 Å². The van der Waals surface area contributed by atoms with Crippen LogP contribution in [-0.4, -0.2) is 34.6 Å². The van der Waals surface area contributed by atoms with E-state index in [9.17, 15) is 0 Å². The van der Waals surface area contributed by atoms with Gasteiger partial charge in [-0.3, -0.25) is 9.88 Å². The molecule has 2 rings (SSSR count). The van der Waals surface area contributed by atoms with Gasteiger partial charge in [0.05, 0.1) is 5.02 Å². The van der Waals surface area contributed by atoms with Crippen molar-refractivity contribution in [1.82, 2.24) is 15.2 Å². The summed E-state index contributed by atoms with van der Waals surface area (Å²) in [5, 5.41) is 4.52. The van der Waals surface area contributed by atoms with Gasteiger partial charge in [0.25, 0.3) is 0 Å². The van der Waals surface area contributed by atoms with E-state index in [2.05, 4.69) is 42.9 Å². The molecule has 0 aromatic carbocycles. The van der Waals surface area contributed by atoms with Crippen LogP contribution in [0.3, 0.4) is 0 Å². The van der Waals surface area contributed by atoms with Crippen LogP contribution in [0.2, 0.25) is 5.02 Å². The number of halogens is 1. The summed E-state index contributed by atoms with van der Waals surface area (Å²) in [4.78, 5) is 6.69. The van der Waals surface area contributed by atoms with E-state index in [1.54, 1.807) is 6.20 Å². The molecule has 0 aliphatic carbocycles. The quantitative estimate of drug-likeness (QED) is 0.898. The third-order valence-electron chi connectivity index (χ3n) is 4.59. The molecular formula is C17H28ClN3. The highest BCUT2D eigenvalue weighted by molar-refractivity contribution is 6.31. The molecule has 2 unspecified atom stereocenters. The van der Waals surface area contributed by atoms with Gasteiger partial charge >= 0.3 is 0 Å². The Morgan fingerprint density at radius 1 is 1.52 bits per heavy atom. The molecule has 2 heterocycles. The minimum atomic E-state index is 0.201. The van der Waals surface area contributed by atoms with Crippen molar-refractivity contribution in [2.75, 3.05) is 13.1 Å². The zero-order chi connectivity index (χ0) is 15.5. The first-order chi connectivity index (χ1) is 9.93. The molecule has 0 amide bonds. The summed E-state index contributed by atoms with van der Waals surface area (Å²) in [7, 11) is 0. The van der Waals surface area contributed by atoms with Gasteiger partial charge < -0.3 is 5.32 Å². The third-order valence-corrected chi connectivity index (χ3v) is 4.93. The molecule has 3 nitrogen and oxygen atoms in total. The van der Waals surface area contributed by atoms with E-state index >= 15 is 0 Å². The van der Waals surface area contributed by atoms with Crippen LogP contribution in [0.5, 0.6) is 0 Å². The van der Waals surface area contributed by atoms with Crippen LogP contribution >= 0.6 is 11.6 Å². The van der Waals surface area contributed by atoms with E-state index in [1.807, 2.05) is 12.3 Å². The first-order valence-electron chi connectivity index (χ1n) is 8.01. The SMILES string of the molecule is CCC1(C)CN(Cc2ccncc2Cl)C(CC(C)C)CN1. The molecule has 1 N–H and O–H groups in total. The summed E-state index contributed by atoms with van der Waals surface area (Å²) in [6.07, 6.45) is 5.94. The third kappa shape index (κ3) is 4.41. The van der Waals surface area contributed by atoms with Gasteiger partial charge in [0.2, 0.25) is 0 Å². The second kappa shape index (κ2) is 7.08. The lowest BCUT2D eigenvalue weighted by molar-refractivity contribution is 0.0664. The summed E-state index contributed by atoms with van der Waals surface area (Å²) >= 11 is 6.30. The number of aromatic nitrogens is 1. The van der Waals surface area contributed by atoms with Crippen LogP contribution in [0, 0.1) is 5.92 Å². The van der Waals surface area contributed by atoms with Crippen LogP contribution in [0.25, 0.3) is 0 Å². The number of nitrogens with zero attached hydrogens (tertiary/aromatic N) is 2. The Morgan fingerprint density at radius 3 is 2.90 bits per heavy atom. The molecule has 2 atom stereocenters. The fraction of sp³-hybridized carbons (Fsp3) is 0.706. The average molecular weight is 310 g/mol. The van der Waals surface area contributed by atoms with Crippen LogP contribution < -0.4 is 5.32 Å². The molecule has 0 radical (unpaired) electrons. The van der Waals surface area contributed by atoms with E-state index in [-0.39, 0.29) is 5.54 Å². The van der Waals surface area contributed by atoms with Gasteiger partial charge in [0.1, 0.15) is 0 Å². The Balaban J connectivity index is 2.15. The molecule has 1 saturated heterocycles. The van der Waals surface area contributed by atoms with Crippen LogP contribution in [0.15, 0.2) is 18.5 Å². The summed E-state index contributed by atoms with van der Waals surface area (Å²) in [6, 6.07) is 2.62. The van der Waals surface area contributed by atoms with E-state index in [4.69, 9.17) is 11.6 Å². The van der Waals surface area contributed by atoms with Crippen molar-refractivity contribution < 1.29 is 0 Å². The first kappa shape index (κ1) is 16.7. The highest BCUT2D eigenvalue weighted by Gasteiger charge is 2.34. The summed E-state index contributed by atoms with van der Waals surface area (Å²) < 4.78 is 0. The molecule has 1 aliphatic rings. The predicted octanol–water partition coefficient (Wildman–Crippen LogP) is 3.72. The Morgan fingerprint density at radius 2 is 2.29 bits per heavy atom. The molecule has 0 spiro atoms. The number of pyridine rings is 1. The number of hydrogen-bond donors (Lipinski definition) is 1. The minimum absolute atomic E-state index is 0.201. The fourth-order valence-electron chi connectivity index (χ4n) is 3.08. The molecule has 21 heavy (non-hydrogen) atoms. The molecule has 0 bridgehead atoms. The lowest BCUT2D eigenvalue weighted by Gasteiger charge is -2.46. The van der Waals surface area contributed by atoms with Crippen molar-refractivity contribution in [3.63, 3.8) is 0 Å². The van der Waals surface area contributed by atoms with Crippen molar-refractivity contribution in [2.24, 2.45) is 5.92 Å². The zero-order valence-electron chi connectivity index (χ0n) is 13.7. The molecule has 1 aliphatic heterocycles. The Labute approximate surface area is 134 Å². The van der Waals surface area contributed by atoms with Crippen molar-refractivity contribution in [2.45, 2.75) is 58.7 Å². The number of rotatable bonds is 5. The highest BCUT2D eigenvalue weighted by Crippen LogP contribution is 2.26. The molecule has 118 valence electrons. The van der Waals surface area contributed by atoms with Crippen LogP contribution in [0.4, 0.5) is 0 Å². The van der Waals surface area contributed by atoms with E-state index in [1.165, 1.54) is 12.0 Å². The van der Waals surface area contributed by atoms with Gasteiger partial charge in [-0.25, -0.2) is 0 Å². The zero-order valence-corrected chi connectivity index (χ0v) is 14.5. The maximum Gasteiger partial charge on any atom is 0.0634 e. The van der Waals surface area contributed by atoms with E-state index in [0.29, 0.717) is 12.0 Å². The van der Waals surface area contributed by atoms with Gasteiger partial charge in [0.15, 0.2) is 0 Å². The predicted molar refractivity (Wildman–Crippen MR) is 89.6 cm³/mol. The molecule has 1 fully saturated rings. The van der Waals surface area contributed by atoms with Gasteiger partial charge in [-0.2, -0.15) is 0 Å². The van der Waals surface area contributed by atoms with Gasteiger partial charge in [-0.05, 0) is 37.3 Å². The van der Waals surface area contributed by atoms with Crippen molar-refractivity contribution >= 4 is 11.6 Å². The maximum atomic E-state index is 6.30. The van der Waals surface area contributed by atoms with Crippen molar-refractivity contribution in [3.05, 3.63) is 29.0 Å². The van der Waals surface area contributed by atoms with Gasteiger partial charge in [0, 0.05) is 43.6 Å².